The molecule has 1 aliphatic heterocycles. The summed E-state index contributed by atoms with van der Waals surface area (Å²) in [5.41, 5.74) is 2.09. The van der Waals surface area contributed by atoms with Crippen molar-refractivity contribution in [2.24, 2.45) is 0 Å². The molecule has 0 radical (unpaired) electrons. The highest BCUT2D eigenvalue weighted by atomic mass is 16.5. The number of benzene rings is 1. The summed E-state index contributed by atoms with van der Waals surface area (Å²) in [5.74, 6) is 0.850. The number of methoxy groups -OCH3 is 1. The molecule has 1 N–H and O–H groups in total. The Morgan fingerprint density at radius 1 is 1.29 bits per heavy atom. The van der Waals surface area contributed by atoms with Gasteiger partial charge in [-0.15, -0.1) is 0 Å². The van der Waals surface area contributed by atoms with Crippen LogP contribution < -0.4 is 10.1 Å². The fourth-order valence-electron chi connectivity index (χ4n) is 3.12. The highest BCUT2D eigenvalue weighted by Crippen LogP contribution is 2.20. The van der Waals surface area contributed by atoms with Crippen molar-refractivity contribution in [3.63, 3.8) is 0 Å². The number of ether oxygens (including phenoxy) is 1. The molecule has 0 aliphatic carbocycles. The van der Waals surface area contributed by atoms with Gasteiger partial charge in [0.25, 0.3) is 0 Å². The Bertz CT molecular complexity index is 539. The van der Waals surface area contributed by atoms with E-state index in [9.17, 15) is 4.79 Å². The van der Waals surface area contributed by atoms with Gasteiger partial charge < -0.3 is 15.0 Å². The topological polar surface area (TPSA) is 44.8 Å². The van der Waals surface area contributed by atoms with Gasteiger partial charge in [0.15, 0.2) is 0 Å². The molecule has 2 rings (SSSR count). The van der Waals surface area contributed by atoms with Crippen LogP contribution in [-0.4, -0.2) is 68.6 Å². The molecule has 0 aromatic heterocycles. The van der Waals surface area contributed by atoms with Crippen LogP contribution >= 0.6 is 0 Å². The molecule has 1 amide bonds. The Hall–Kier alpha value is -1.59. The second-order valence-corrected chi connectivity index (χ2v) is 6.77. The van der Waals surface area contributed by atoms with Crippen molar-refractivity contribution in [3.05, 3.63) is 29.3 Å². The number of likely N-dealkylation sites (N-methyl/N-ethyl adjacent to an activating group) is 1. The summed E-state index contributed by atoms with van der Waals surface area (Å²) in [4.78, 5) is 17.3. The highest BCUT2D eigenvalue weighted by Gasteiger charge is 2.19. The second kappa shape index (κ2) is 9.04. The minimum Gasteiger partial charge on any atom is -0.496 e. The van der Waals surface area contributed by atoms with Crippen LogP contribution in [0, 0.1) is 6.92 Å². The predicted octanol–water partition coefficient (Wildman–Crippen LogP) is 1.69. The number of rotatable bonds is 7. The number of hydrogen-bond donors (Lipinski definition) is 1. The molecule has 5 nitrogen and oxygen atoms in total. The lowest BCUT2D eigenvalue weighted by Gasteiger charge is -2.34. The van der Waals surface area contributed by atoms with Crippen LogP contribution in [0.1, 0.15) is 24.5 Å². The Labute approximate surface area is 146 Å². The smallest absolute Gasteiger partial charge is 0.224 e. The van der Waals surface area contributed by atoms with Crippen molar-refractivity contribution in [1.82, 2.24) is 15.1 Å². The van der Waals surface area contributed by atoms with Crippen molar-refractivity contribution in [3.8, 4) is 5.75 Å². The van der Waals surface area contributed by atoms with Crippen molar-refractivity contribution >= 4 is 5.91 Å². The van der Waals surface area contributed by atoms with Crippen LogP contribution in [0.2, 0.25) is 0 Å². The van der Waals surface area contributed by atoms with E-state index in [0.717, 1.165) is 56.0 Å². The molecule has 0 bridgehead atoms. The Morgan fingerprint density at radius 3 is 2.62 bits per heavy atom. The van der Waals surface area contributed by atoms with Gasteiger partial charge in [-0.1, -0.05) is 24.6 Å². The molecule has 1 aromatic carbocycles. The van der Waals surface area contributed by atoms with E-state index in [1.807, 2.05) is 25.1 Å². The van der Waals surface area contributed by atoms with Gasteiger partial charge in [-0.05, 0) is 26.5 Å². The minimum atomic E-state index is 0.0693. The van der Waals surface area contributed by atoms with Crippen LogP contribution in [-0.2, 0) is 11.2 Å². The van der Waals surface area contributed by atoms with Gasteiger partial charge in [0, 0.05) is 44.3 Å². The van der Waals surface area contributed by atoms with Crippen LogP contribution in [0.4, 0.5) is 0 Å². The molecule has 134 valence electrons. The van der Waals surface area contributed by atoms with Crippen LogP contribution in [0.5, 0.6) is 5.75 Å². The number of nitrogens with zero attached hydrogens (tertiary/aromatic N) is 2. The third-order valence-corrected chi connectivity index (χ3v) is 4.72. The van der Waals surface area contributed by atoms with Gasteiger partial charge in [-0.25, -0.2) is 0 Å². The maximum Gasteiger partial charge on any atom is 0.224 e. The van der Waals surface area contributed by atoms with Crippen molar-refractivity contribution in [2.45, 2.75) is 32.7 Å². The first-order chi connectivity index (χ1) is 11.5. The third-order valence-electron chi connectivity index (χ3n) is 4.72. The number of carbonyl (C=O) groups is 1. The Morgan fingerprint density at radius 2 is 2.00 bits per heavy atom. The molecule has 1 heterocycles. The van der Waals surface area contributed by atoms with E-state index in [1.54, 1.807) is 7.11 Å². The zero-order valence-electron chi connectivity index (χ0n) is 15.5. The average Bonchev–Trinajstić information content (AvgIpc) is 2.56. The number of aryl methyl sites for hydroxylation is 1. The lowest BCUT2D eigenvalue weighted by Crippen LogP contribution is -2.50. The zero-order chi connectivity index (χ0) is 17.5. The van der Waals surface area contributed by atoms with Gasteiger partial charge in [-0.3, -0.25) is 9.69 Å². The summed E-state index contributed by atoms with van der Waals surface area (Å²) in [6.07, 6.45) is 1.31. The lowest BCUT2D eigenvalue weighted by atomic mass is 10.1. The summed E-state index contributed by atoms with van der Waals surface area (Å²) in [5, 5.41) is 3.19. The van der Waals surface area contributed by atoms with Crippen LogP contribution in [0.15, 0.2) is 18.2 Å². The lowest BCUT2D eigenvalue weighted by molar-refractivity contribution is -0.121. The van der Waals surface area contributed by atoms with Crippen molar-refractivity contribution < 1.29 is 9.53 Å². The Balaban J connectivity index is 1.89. The van der Waals surface area contributed by atoms with Gasteiger partial charge in [0.05, 0.1) is 13.5 Å². The zero-order valence-corrected chi connectivity index (χ0v) is 15.5. The maximum atomic E-state index is 12.5. The number of carbonyl (C=O) groups excluding carboxylic acids is 1. The first-order valence-corrected chi connectivity index (χ1v) is 8.85. The van der Waals surface area contributed by atoms with Gasteiger partial charge >= 0.3 is 0 Å². The predicted molar refractivity (Wildman–Crippen MR) is 97.6 cm³/mol. The van der Waals surface area contributed by atoms with E-state index >= 15 is 0 Å². The number of amides is 1. The SMILES string of the molecule is CC[C@@H](CN1CCN(C)CC1)NC(=O)Cc1cc(C)ccc1OC. The molecule has 1 aromatic rings. The van der Waals surface area contributed by atoms with E-state index < -0.39 is 0 Å². The monoisotopic (exact) mass is 333 g/mol. The van der Waals surface area contributed by atoms with E-state index in [1.165, 1.54) is 0 Å². The molecular weight excluding hydrogens is 302 g/mol. The quantitative estimate of drug-likeness (QED) is 0.825. The molecule has 24 heavy (non-hydrogen) atoms. The normalized spacial score (nSPS) is 17.5. The fraction of sp³-hybridized carbons (Fsp3) is 0.632. The molecule has 1 fully saturated rings. The van der Waals surface area contributed by atoms with Crippen LogP contribution in [0.25, 0.3) is 0 Å². The van der Waals surface area contributed by atoms with E-state index in [0.29, 0.717) is 6.42 Å². The van der Waals surface area contributed by atoms with Crippen LogP contribution in [0.3, 0.4) is 0 Å². The number of hydrogen-bond acceptors (Lipinski definition) is 4. The van der Waals surface area contributed by atoms with Gasteiger partial charge in [-0.2, -0.15) is 0 Å². The van der Waals surface area contributed by atoms with Gasteiger partial charge in [0.1, 0.15) is 5.75 Å². The molecule has 0 saturated carbocycles. The first-order valence-electron chi connectivity index (χ1n) is 8.85. The Kier molecular flexibility index (Phi) is 7.06. The summed E-state index contributed by atoms with van der Waals surface area (Å²) in [6.45, 7) is 9.46. The summed E-state index contributed by atoms with van der Waals surface area (Å²) >= 11 is 0. The van der Waals surface area contributed by atoms with E-state index in [-0.39, 0.29) is 11.9 Å². The van der Waals surface area contributed by atoms with Gasteiger partial charge in [0.2, 0.25) is 5.91 Å². The largest absolute Gasteiger partial charge is 0.496 e. The number of nitrogens with one attached hydrogen (secondary N) is 1. The van der Waals surface area contributed by atoms with E-state index in [4.69, 9.17) is 4.74 Å². The summed E-state index contributed by atoms with van der Waals surface area (Å²) in [7, 11) is 3.81. The number of piperazine rings is 1. The molecule has 1 saturated heterocycles. The summed E-state index contributed by atoms with van der Waals surface area (Å²) in [6, 6.07) is 6.17. The molecule has 1 aliphatic rings. The standard InChI is InChI=1S/C19H31N3O2/c1-5-17(14-22-10-8-21(3)9-11-22)20-19(23)13-16-12-15(2)6-7-18(16)24-4/h6-7,12,17H,5,8-11,13-14H2,1-4H3,(H,20,23)/t17-/m0/s1. The molecule has 1 atom stereocenters. The fourth-order valence-corrected chi connectivity index (χ4v) is 3.12. The minimum absolute atomic E-state index is 0.0693. The van der Waals surface area contributed by atoms with Crippen molar-refractivity contribution in [1.29, 1.82) is 0 Å². The molecule has 5 heteroatoms. The third kappa shape index (κ3) is 5.49. The molecule has 0 unspecified atom stereocenters. The highest BCUT2D eigenvalue weighted by molar-refractivity contribution is 5.79. The maximum absolute atomic E-state index is 12.5. The first kappa shape index (κ1) is 18.7. The second-order valence-electron chi connectivity index (χ2n) is 6.77. The van der Waals surface area contributed by atoms with Crippen molar-refractivity contribution in [2.75, 3.05) is 46.9 Å². The summed E-state index contributed by atoms with van der Waals surface area (Å²) < 4.78 is 5.37. The molecule has 0 spiro atoms. The van der Waals surface area contributed by atoms with E-state index in [2.05, 4.69) is 29.1 Å². The molecular formula is C19H31N3O2. The average molecular weight is 333 g/mol.